The molecule has 1 amide bonds. The zero-order valence-corrected chi connectivity index (χ0v) is 20.6. The van der Waals surface area contributed by atoms with Gasteiger partial charge in [0.05, 0.1) is 17.9 Å². The summed E-state index contributed by atoms with van der Waals surface area (Å²) in [7, 11) is 0. The predicted molar refractivity (Wildman–Crippen MR) is 134 cm³/mol. The number of carbonyl (C=O) groups excluding carboxylic acids is 1. The van der Waals surface area contributed by atoms with Crippen molar-refractivity contribution in [2.24, 2.45) is 5.92 Å². The summed E-state index contributed by atoms with van der Waals surface area (Å²) in [6.07, 6.45) is 6.86. The third-order valence-corrected chi connectivity index (χ3v) is 6.65. The first-order chi connectivity index (χ1) is 15.9. The number of aliphatic hydroxyl groups is 2. The van der Waals surface area contributed by atoms with Gasteiger partial charge in [-0.2, -0.15) is 0 Å². The molecule has 0 unspecified atom stereocenters. The Bertz CT molecular complexity index is 1150. The van der Waals surface area contributed by atoms with Crippen LogP contribution in [0.4, 0.5) is 5.69 Å². The van der Waals surface area contributed by atoms with Crippen LogP contribution in [0.25, 0.3) is 0 Å². The van der Waals surface area contributed by atoms with Gasteiger partial charge in [-0.25, -0.2) is 0 Å². The van der Waals surface area contributed by atoms with E-state index in [1.807, 2.05) is 73.8 Å². The summed E-state index contributed by atoms with van der Waals surface area (Å²) in [4.78, 5) is 15.2. The highest BCUT2D eigenvalue weighted by molar-refractivity contribution is 14.1. The fourth-order valence-corrected chi connectivity index (χ4v) is 4.66. The Balaban J connectivity index is 1.52. The van der Waals surface area contributed by atoms with E-state index in [1.165, 1.54) is 0 Å². The molecule has 8 heteroatoms. The summed E-state index contributed by atoms with van der Waals surface area (Å²) < 4.78 is 2.70. The minimum absolute atomic E-state index is 0.0461. The highest BCUT2D eigenvalue weighted by atomic mass is 127. The lowest BCUT2D eigenvalue weighted by molar-refractivity contribution is -0.139. The van der Waals surface area contributed by atoms with Crippen LogP contribution >= 0.6 is 22.6 Å². The van der Waals surface area contributed by atoms with Gasteiger partial charge in [-0.05, 0) is 52.8 Å². The largest absolute Gasteiger partial charge is 0.396 e. The van der Waals surface area contributed by atoms with Gasteiger partial charge >= 0.3 is 0 Å². The molecule has 0 bridgehead atoms. The summed E-state index contributed by atoms with van der Waals surface area (Å²) in [5.74, 6) is -0.714. The number of nitrogens with zero attached hydrogens (tertiary/aromatic N) is 4. The van der Waals surface area contributed by atoms with Gasteiger partial charge in [-0.15, -0.1) is 5.10 Å². The van der Waals surface area contributed by atoms with E-state index in [-0.39, 0.29) is 12.5 Å². The molecule has 0 aliphatic carbocycles. The molecule has 2 atom stereocenters. The van der Waals surface area contributed by atoms with Crippen molar-refractivity contribution in [1.82, 2.24) is 15.0 Å². The van der Waals surface area contributed by atoms with Gasteiger partial charge < -0.3 is 15.1 Å². The number of aromatic nitrogens is 3. The molecule has 2 aromatic carbocycles. The standard InChI is InChI=1S/C25H27IN4O3/c1-18(7-5-6-13-29-17-21(12-14-31)27-28-29)25(33)22-15-20(26)10-11-23(22)30(24(25)32)16-19-8-3-2-4-9-19/h2-5,7-11,15,17-18,31,33H,6,12-14,16H2,1H3/b7-5+/t18-,25+/m0/s1. The Morgan fingerprint density at radius 3 is 2.76 bits per heavy atom. The maximum Gasteiger partial charge on any atom is 0.264 e. The Morgan fingerprint density at radius 2 is 2.00 bits per heavy atom. The van der Waals surface area contributed by atoms with Crippen LogP contribution in [0.2, 0.25) is 0 Å². The number of halogens is 1. The van der Waals surface area contributed by atoms with Gasteiger partial charge in [0.2, 0.25) is 0 Å². The van der Waals surface area contributed by atoms with Crippen molar-refractivity contribution in [3.8, 4) is 0 Å². The summed E-state index contributed by atoms with van der Waals surface area (Å²) in [5.41, 5.74) is 1.55. The molecule has 172 valence electrons. The molecule has 33 heavy (non-hydrogen) atoms. The molecule has 0 radical (unpaired) electrons. The van der Waals surface area contributed by atoms with Crippen LogP contribution in [0.1, 0.15) is 30.2 Å². The first-order valence-electron chi connectivity index (χ1n) is 11.0. The number of aliphatic hydroxyl groups excluding tert-OH is 1. The van der Waals surface area contributed by atoms with E-state index in [9.17, 15) is 9.90 Å². The van der Waals surface area contributed by atoms with Crippen LogP contribution < -0.4 is 4.90 Å². The molecule has 2 heterocycles. The zero-order chi connectivity index (χ0) is 23.4. The van der Waals surface area contributed by atoms with Crippen LogP contribution in [-0.4, -0.2) is 37.7 Å². The van der Waals surface area contributed by atoms with Crippen LogP contribution in [0.5, 0.6) is 0 Å². The van der Waals surface area contributed by atoms with E-state index in [1.54, 1.807) is 9.58 Å². The van der Waals surface area contributed by atoms with Crippen molar-refractivity contribution in [3.63, 3.8) is 0 Å². The summed E-state index contributed by atoms with van der Waals surface area (Å²) in [6.45, 7) is 2.96. The second-order valence-corrected chi connectivity index (χ2v) is 9.50. The van der Waals surface area contributed by atoms with Crippen molar-refractivity contribution < 1.29 is 15.0 Å². The molecule has 3 aromatic rings. The Kier molecular flexibility index (Phi) is 7.26. The summed E-state index contributed by atoms with van der Waals surface area (Å²) in [6, 6.07) is 15.6. The number of fused-ring (bicyclic) bond motifs is 1. The van der Waals surface area contributed by atoms with Crippen molar-refractivity contribution in [2.45, 2.75) is 38.5 Å². The van der Waals surface area contributed by atoms with Crippen molar-refractivity contribution >= 4 is 34.2 Å². The highest BCUT2D eigenvalue weighted by Crippen LogP contribution is 2.46. The maximum atomic E-state index is 13.6. The smallest absolute Gasteiger partial charge is 0.264 e. The number of benzene rings is 2. The molecule has 1 aliphatic rings. The van der Waals surface area contributed by atoms with Crippen LogP contribution in [0, 0.1) is 9.49 Å². The molecule has 4 rings (SSSR count). The van der Waals surface area contributed by atoms with Crippen LogP contribution in [-0.2, 0) is 29.9 Å². The van der Waals surface area contributed by atoms with Crippen molar-refractivity contribution in [3.05, 3.63) is 87.3 Å². The van der Waals surface area contributed by atoms with Gasteiger partial charge in [0.25, 0.3) is 5.91 Å². The monoisotopic (exact) mass is 558 g/mol. The third-order valence-electron chi connectivity index (χ3n) is 5.98. The van der Waals surface area contributed by atoms with Gasteiger partial charge in [-0.3, -0.25) is 9.48 Å². The molecule has 0 saturated carbocycles. The van der Waals surface area contributed by atoms with Gasteiger partial charge in [-0.1, -0.05) is 54.6 Å². The first-order valence-corrected chi connectivity index (χ1v) is 12.1. The first kappa shape index (κ1) is 23.6. The van der Waals surface area contributed by atoms with E-state index in [4.69, 9.17) is 5.11 Å². The number of aryl methyl sites for hydroxylation is 1. The number of anilines is 1. The number of rotatable bonds is 9. The fraction of sp³-hybridized carbons (Fsp3) is 0.320. The van der Waals surface area contributed by atoms with E-state index in [2.05, 4.69) is 32.9 Å². The fourth-order valence-electron chi connectivity index (χ4n) is 4.17. The molecule has 0 fully saturated rings. The Morgan fingerprint density at radius 1 is 1.21 bits per heavy atom. The average Bonchev–Trinajstić information content (AvgIpc) is 3.34. The molecule has 7 nitrogen and oxygen atoms in total. The lowest BCUT2D eigenvalue weighted by Gasteiger charge is -2.27. The molecule has 0 spiro atoms. The Hall–Kier alpha value is -2.56. The predicted octanol–water partition coefficient (Wildman–Crippen LogP) is 3.43. The number of amides is 1. The van der Waals surface area contributed by atoms with E-state index in [0.29, 0.717) is 31.5 Å². The number of hydrogen-bond acceptors (Lipinski definition) is 5. The highest BCUT2D eigenvalue weighted by Gasteiger charge is 2.52. The normalized spacial score (nSPS) is 18.8. The van der Waals surface area contributed by atoms with Gasteiger partial charge in [0.1, 0.15) is 0 Å². The second-order valence-electron chi connectivity index (χ2n) is 8.26. The molecular formula is C25H27IN4O3. The molecule has 2 N–H and O–H groups in total. The minimum Gasteiger partial charge on any atom is -0.396 e. The lowest BCUT2D eigenvalue weighted by atomic mass is 9.83. The Labute approximate surface area is 206 Å². The van der Waals surface area contributed by atoms with Crippen LogP contribution in [0.15, 0.2) is 66.9 Å². The van der Waals surface area contributed by atoms with E-state index < -0.39 is 11.5 Å². The van der Waals surface area contributed by atoms with Crippen molar-refractivity contribution in [2.75, 3.05) is 11.5 Å². The average molecular weight is 558 g/mol. The molecule has 1 aliphatic heterocycles. The number of hydrogen-bond donors (Lipinski definition) is 2. The topological polar surface area (TPSA) is 91.5 Å². The lowest BCUT2D eigenvalue weighted by Crippen LogP contribution is -2.44. The van der Waals surface area contributed by atoms with E-state index in [0.717, 1.165) is 20.5 Å². The summed E-state index contributed by atoms with van der Waals surface area (Å²) >= 11 is 2.21. The number of carbonyl (C=O) groups is 1. The SMILES string of the molecule is C[C@@H](/C=C/CCn1cc(CCO)nn1)[C@]1(O)C(=O)N(Cc2ccccc2)c2ccc(I)cc21. The molecule has 1 aromatic heterocycles. The molecule has 0 saturated heterocycles. The van der Waals surface area contributed by atoms with E-state index >= 15 is 0 Å². The molecular weight excluding hydrogens is 531 g/mol. The minimum atomic E-state index is -1.62. The second kappa shape index (κ2) is 10.1. The third kappa shape index (κ3) is 4.87. The summed E-state index contributed by atoms with van der Waals surface area (Å²) in [5, 5.41) is 28.8. The van der Waals surface area contributed by atoms with Crippen molar-refractivity contribution in [1.29, 1.82) is 0 Å². The number of allylic oxidation sites excluding steroid dienone is 1. The zero-order valence-electron chi connectivity index (χ0n) is 18.4. The quantitative estimate of drug-likeness (QED) is 0.310. The van der Waals surface area contributed by atoms with Gasteiger partial charge in [0.15, 0.2) is 5.60 Å². The maximum absolute atomic E-state index is 13.6. The van der Waals surface area contributed by atoms with Gasteiger partial charge in [0, 0.05) is 40.8 Å². The van der Waals surface area contributed by atoms with Crippen LogP contribution in [0.3, 0.4) is 0 Å².